The van der Waals surface area contributed by atoms with Crippen molar-refractivity contribution in [3.8, 4) is 0 Å². The molecule has 598 valence electrons. The minimum atomic E-state index is -4.53. The van der Waals surface area contributed by atoms with E-state index in [9.17, 15) is 41.9 Å². The van der Waals surface area contributed by atoms with E-state index in [0.717, 1.165) is 38.5 Å². The summed E-state index contributed by atoms with van der Waals surface area (Å²) in [5.74, 6) is -10.4. The number of nitrogens with zero attached hydrogens (tertiary/aromatic N) is 9. The van der Waals surface area contributed by atoms with Crippen LogP contribution in [0.3, 0.4) is 0 Å². The minimum absolute atomic E-state index is 0.00539. The van der Waals surface area contributed by atoms with Crippen LogP contribution in [0.4, 0.5) is 13.2 Å². The van der Waals surface area contributed by atoms with E-state index in [0.29, 0.717) is 31.6 Å². The molecule has 1 spiro atoms. The molecule has 0 radical (unpaired) electrons. The Kier molecular flexibility index (Phi) is 30.8. The molecule has 3 heterocycles. The number of carbonyl (C=O) groups excluding carboxylic acids is 12. The van der Waals surface area contributed by atoms with Gasteiger partial charge in [0.25, 0.3) is 0 Å². The van der Waals surface area contributed by atoms with Gasteiger partial charge in [-0.1, -0.05) is 98.6 Å². The van der Waals surface area contributed by atoms with Gasteiger partial charge in [0, 0.05) is 86.9 Å². The van der Waals surface area contributed by atoms with Crippen LogP contribution in [0.1, 0.15) is 204 Å². The van der Waals surface area contributed by atoms with E-state index in [2.05, 4.69) is 22.9 Å². The van der Waals surface area contributed by atoms with Crippen molar-refractivity contribution in [3.63, 3.8) is 0 Å². The zero-order chi connectivity index (χ0) is 78.6. The molecule has 25 nitrogen and oxygen atoms in total. The van der Waals surface area contributed by atoms with Crippen LogP contribution in [-0.4, -0.2) is 275 Å². The van der Waals surface area contributed by atoms with Crippen LogP contribution in [-0.2, 0) is 62.3 Å². The van der Waals surface area contributed by atoms with Gasteiger partial charge in [-0.2, -0.15) is 13.2 Å². The maximum absolute atomic E-state index is 15.9. The summed E-state index contributed by atoms with van der Waals surface area (Å²) >= 11 is 6.47. The van der Waals surface area contributed by atoms with E-state index in [4.69, 9.17) is 16.3 Å². The molecular formula is C77H124ClF3N12O13. The molecule has 2 saturated heterocycles. The number of hydrogen-bond acceptors (Lipinski definition) is 13. The smallest absolute Gasteiger partial charge is 0.377 e. The highest BCUT2D eigenvalue weighted by atomic mass is 35.5. The van der Waals surface area contributed by atoms with Crippen LogP contribution >= 0.6 is 11.6 Å². The first-order valence-electron chi connectivity index (χ1n) is 39.2. The van der Waals surface area contributed by atoms with E-state index in [-0.39, 0.29) is 109 Å². The third-order valence-electron chi connectivity index (χ3n) is 24.4. The van der Waals surface area contributed by atoms with Gasteiger partial charge in [-0.05, 0) is 139 Å². The molecular weight excluding hydrogens is 1390 g/mol. The summed E-state index contributed by atoms with van der Waals surface area (Å²) in [5.41, 5.74) is -2.17. The lowest BCUT2D eigenvalue weighted by Gasteiger charge is -2.54. The predicted octanol–water partition coefficient (Wildman–Crippen LogP) is 6.91. The number of rotatable bonds is 14. The zero-order valence-electron chi connectivity index (χ0n) is 65.7. The first kappa shape index (κ1) is 86.7. The minimum Gasteiger partial charge on any atom is -0.377 e. The monoisotopic (exact) mass is 1520 g/mol. The van der Waals surface area contributed by atoms with Crippen molar-refractivity contribution in [2.75, 3.05) is 88.2 Å². The first-order valence-corrected chi connectivity index (χ1v) is 39.7. The molecule has 13 atom stereocenters. The van der Waals surface area contributed by atoms with Gasteiger partial charge in [-0.15, -0.1) is 11.6 Å². The molecule has 12 amide bonds. The molecule has 4 aliphatic carbocycles. The molecule has 7 aliphatic rings. The van der Waals surface area contributed by atoms with Crippen molar-refractivity contribution in [1.29, 1.82) is 0 Å². The highest BCUT2D eigenvalue weighted by Gasteiger charge is 2.59. The SMILES string of the molecule is CCO[C@@H]1C[C@H]2C(=O)NC3(CC(C)(C)C3)C(=O)N(C)[C@@H](C3CCCC3)C(=O)N(C)[C@H](C(=O)N(CC)CC)CC(=O)N(C)[C@@H](CC)C(=O)N[C@@H]([C@@H](C)CC)C(=O)N(C)CC(=O)N(C)[C@H]3C/C=C\CCN(C3=O)[C@@H](CC3CCC(C)CC3)C(=O)N(C)CC(=O)N[C@@H](CCC3CCC(C(F)(F)F)C(Cl)C3)C(=O)N2C1. The van der Waals surface area contributed by atoms with E-state index in [1.165, 1.54) is 86.4 Å². The zero-order valence-corrected chi connectivity index (χ0v) is 66.5. The van der Waals surface area contributed by atoms with Gasteiger partial charge in [-0.3, -0.25) is 57.5 Å². The maximum atomic E-state index is 15.9. The largest absolute Gasteiger partial charge is 0.393 e. The van der Waals surface area contributed by atoms with Gasteiger partial charge in [0.1, 0.15) is 53.9 Å². The van der Waals surface area contributed by atoms with Crippen LogP contribution in [0.15, 0.2) is 12.2 Å². The van der Waals surface area contributed by atoms with Gasteiger partial charge in [0.05, 0.1) is 31.5 Å². The second-order valence-corrected chi connectivity index (χ2v) is 33.2. The summed E-state index contributed by atoms with van der Waals surface area (Å²) in [4.78, 5) is 194. The summed E-state index contributed by atoms with van der Waals surface area (Å²) in [6, 6.07) is -10.1. The fourth-order valence-electron chi connectivity index (χ4n) is 17.9. The molecule has 3 aliphatic heterocycles. The molecule has 0 aromatic rings. The van der Waals surface area contributed by atoms with Crippen molar-refractivity contribution >= 4 is 82.5 Å². The molecule has 29 heteroatoms. The van der Waals surface area contributed by atoms with Gasteiger partial charge >= 0.3 is 6.18 Å². The van der Waals surface area contributed by atoms with Crippen LogP contribution in [0.2, 0.25) is 0 Å². The number of carbonyl (C=O) groups is 12. The van der Waals surface area contributed by atoms with Crippen molar-refractivity contribution in [1.82, 2.24) is 60.0 Å². The Hall–Kier alpha value is -6.58. The molecule has 3 unspecified atom stereocenters. The number of ether oxygens (including phenoxy) is 1. The van der Waals surface area contributed by atoms with Crippen molar-refractivity contribution < 1.29 is 75.4 Å². The highest BCUT2D eigenvalue weighted by molar-refractivity contribution is 6.21. The van der Waals surface area contributed by atoms with Crippen molar-refractivity contribution in [2.24, 2.45) is 40.9 Å². The molecule has 4 saturated carbocycles. The number of alkyl halides is 4. The normalized spacial score (nSPS) is 31.9. The first-order chi connectivity index (χ1) is 49.9. The topological polar surface area (TPSA) is 279 Å². The fraction of sp³-hybridized carbons (Fsp3) is 0.818. The van der Waals surface area contributed by atoms with E-state index >= 15 is 28.8 Å². The average molecular weight is 1520 g/mol. The summed E-state index contributed by atoms with van der Waals surface area (Å²) in [5, 5.41) is 7.61. The van der Waals surface area contributed by atoms with E-state index in [1.807, 2.05) is 26.8 Å². The lowest BCUT2D eigenvalue weighted by atomic mass is 9.58. The van der Waals surface area contributed by atoms with Crippen molar-refractivity contribution in [2.45, 2.75) is 275 Å². The second-order valence-electron chi connectivity index (χ2n) is 32.6. The molecule has 7 rings (SSSR count). The maximum Gasteiger partial charge on any atom is 0.393 e. The number of halogens is 4. The van der Waals surface area contributed by atoms with Gasteiger partial charge < -0.3 is 64.8 Å². The van der Waals surface area contributed by atoms with E-state index < -0.39 is 191 Å². The third-order valence-corrected chi connectivity index (χ3v) is 24.9. The van der Waals surface area contributed by atoms with Crippen LogP contribution in [0, 0.1) is 40.9 Å². The Balaban J connectivity index is 1.33. The lowest BCUT2D eigenvalue weighted by molar-refractivity contribution is -0.182. The van der Waals surface area contributed by atoms with Gasteiger partial charge in [0.15, 0.2) is 0 Å². The Bertz CT molecular complexity index is 3150. The number of likely N-dealkylation sites (N-methyl/N-ethyl adjacent to an activating group) is 7. The molecule has 3 N–H and O–H groups in total. The summed E-state index contributed by atoms with van der Waals surface area (Å²) in [6.07, 6.45) is 4.78. The molecule has 2 bridgehead atoms. The fourth-order valence-corrected chi connectivity index (χ4v) is 18.4. The Morgan fingerprint density at radius 2 is 1.31 bits per heavy atom. The number of fused-ring (bicyclic) bond motifs is 3. The van der Waals surface area contributed by atoms with Crippen LogP contribution in [0.25, 0.3) is 0 Å². The Morgan fingerprint density at radius 1 is 0.679 bits per heavy atom. The number of nitrogens with one attached hydrogen (secondary N) is 3. The summed E-state index contributed by atoms with van der Waals surface area (Å²) in [7, 11) is 8.62. The Morgan fingerprint density at radius 3 is 1.90 bits per heavy atom. The average Bonchev–Trinajstić information content (AvgIpc) is 0.764. The quantitative estimate of drug-likeness (QED) is 0.118. The predicted molar refractivity (Wildman–Crippen MR) is 394 cm³/mol. The standard InChI is InChI=1S/C77H124ClF3N12O13/c1-16-48(7)64-72(103)86(11)44-63(96)88(13)57-28-22-21-25-37-92(71(57)102)60(39-50-31-29-47(6)30-32-50)69(100)85(10)43-61(94)82-55(36-34-49-33-35-53(54(78)38-49)77(79,80)81)68(99)93-42-52(106-20-5)40-58(93)67(98)84-76(45-75(8,9)46-76)74(105)90(15)65(51-26-23-24-27-51)73(104)89(14)59(70(101)91(18-3)19-4)41-62(95)87(12)56(17-2)66(97)83-64/h21-22,47-60,64-65H,16-20,23-46H2,1-15H3,(H,82,94)(H,83,97)(H,84,98)/b22-21-/t47?,48-,49?,50?,52+,53?,54?,55-,56-,57-,58-,59-,60-,64-,65-/m0/s1. The number of amides is 12. The van der Waals surface area contributed by atoms with Crippen LogP contribution in [0.5, 0.6) is 0 Å². The molecule has 6 fully saturated rings. The van der Waals surface area contributed by atoms with Gasteiger partial charge in [-0.25, -0.2) is 0 Å². The molecule has 0 aromatic carbocycles. The van der Waals surface area contributed by atoms with Crippen LogP contribution < -0.4 is 16.0 Å². The van der Waals surface area contributed by atoms with Crippen molar-refractivity contribution in [3.05, 3.63) is 12.2 Å². The Labute approximate surface area is 631 Å². The lowest BCUT2D eigenvalue weighted by Crippen LogP contribution is -2.71. The third kappa shape index (κ3) is 20.8. The second kappa shape index (κ2) is 37.7. The summed E-state index contributed by atoms with van der Waals surface area (Å²) in [6.45, 7) is 16.0. The number of hydrogen-bond donors (Lipinski definition) is 3. The molecule has 106 heavy (non-hydrogen) atoms. The summed E-state index contributed by atoms with van der Waals surface area (Å²) < 4.78 is 48.6. The molecule has 0 aromatic heterocycles. The van der Waals surface area contributed by atoms with Gasteiger partial charge in [0.2, 0.25) is 70.9 Å². The highest BCUT2D eigenvalue weighted by Crippen LogP contribution is 2.50. The van der Waals surface area contributed by atoms with E-state index in [1.54, 1.807) is 40.7 Å².